The van der Waals surface area contributed by atoms with Gasteiger partial charge in [0.15, 0.2) is 5.11 Å². The molecule has 7 nitrogen and oxygen atoms in total. The van der Waals surface area contributed by atoms with E-state index in [1.54, 1.807) is 18.2 Å². The van der Waals surface area contributed by atoms with Crippen molar-refractivity contribution in [3.8, 4) is 0 Å². The van der Waals surface area contributed by atoms with Crippen LogP contribution in [-0.4, -0.2) is 25.5 Å². The van der Waals surface area contributed by atoms with Gasteiger partial charge in [-0.2, -0.15) is 4.72 Å². The summed E-state index contributed by atoms with van der Waals surface area (Å²) < 4.78 is 28.0. The van der Waals surface area contributed by atoms with Crippen LogP contribution in [0.1, 0.15) is 5.56 Å². The van der Waals surface area contributed by atoms with Gasteiger partial charge in [-0.1, -0.05) is 66.7 Å². The molecule has 0 saturated carbocycles. The summed E-state index contributed by atoms with van der Waals surface area (Å²) in [6.45, 7) is 0. The lowest BCUT2D eigenvalue weighted by atomic mass is 10.1. The number of benzene rings is 3. The molecule has 0 unspecified atom stereocenters. The number of carbonyl (C=O) groups excluding carboxylic acids is 1. The van der Waals surface area contributed by atoms with Gasteiger partial charge in [0.05, 0.1) is 4.90 Å². The fourth-order valence-electron chi connectivity index (χ4n) is 2.78. The zero-order valence-electron chi connectivity index (χ0n) is 16.5. The van der Waals surface area contributed by atoms with Gasteiger partial charge in [-0.15, -0.1) is 0 Å². The van der Waals surface area contributed by atoms with Crippen molar-refractivity contribution >= 4 is 38.9 Å². The van der Waals surface area contributed by atoms with E-state index < -0.39 is 22.0 Å². The summed E-state index contributed by atoms with van der Waals surface area (Å²) in [6.07, 6.45) is 0.166. The van der Waals surface area contributed by atoms with Gasteiger partial charge in [-0.25, -0.2) is 8.42 Å². The molecule has 3 rings (SSSR count). The molecule has 0 heterocycles. The molecule has 1 amide bonds. The van der Waals surface area contributed by atoms with Crippen LogP contribution in [0.25, 0.3) is 0 Å². The van der Waals surface area contributed by atoms with Gasteiger partial charge >= 0.3 is 0 Å². The number of para-hydroxylation sites is 1. The normalized spacial score (nSPS) is 11.9. The van der Waals surface area contributed by atoms with Crippen LogP contribution in [0.15, 0.2) is 95.9 Å². The summed E-state index contributed by atoms with van der Waals surface area (Å²) in [5, 5.41) is 3.10. The maximum absolute atomic E-state index is 12.8. The summed E-state index contributed by atoms with van der Waals surface area (Å²) in [5.74, 6) is -0.569. The van der Waals surface area contributed by atoms with Crippen molar-refractivity contribution in [2.24, 2.45) is 0 Å². The molecule has 0 radical (unpaired) electrons. The molecule has 0 aromatic heterocycles. The van der Waals surface area contributed by atoms with Crippen molar-refractivity contribution in [2.45, 2.75) is 17.4 Å². The summed E-state index contributed by atoms with van der Waals surface area (Å²) >= 11 is 5.18. The minimum Gasteiger partial charge on any atom is -0.331 e. The highest BCUT2D eigenvalue weighted by atomic mass is 32.2. The zero-order chi connectivity index (χ0) is 22.1. The van der Waals surface area contributed by atoms with Crippen molar-refractivity contribution in [3.63, 3.8) is 0 Å². The standard InChI is InChI=1S/C22H22N4O3S2/c27-21(24-25-22(30)23-18-12-6-2-7-13-18)20(16-17-10-4-1-5-11-17)26-31(28,29)19-14-8-3-9-15-19/h1-15,20,26H,16H2,(H,24,27)(H2,23,25,30)/t20-/m0/s1. The number of hydrogen-bond donors (Lipinski definition) is 4. The molecule has 31 heavy (non-hydrogen) atoms. The van der Waals surface area contributed by atoms with Crippen LogP contribution in [-0.2, 0) is 21.2 Å². The maximum atomic E-state index is 12.8. The largest absolute Gasteiger partial charge is 0.331 e. The number of rotatable bonds is 7. The first-order valence-corrected chi connectivity index (χ1v) is 11.4. The Bertz CT molecular complexity index is 1110. The number of hydrazine groups is 1. The first-order valence-electron chi connectivity index (χ1n) is 9.47. The Hall–Kier alpha value is -3.27. The van der Waals surface area contributed by atoms with Gasteiger partial charge in [-0.3, -0.25) is 15.6 Å². The lowest BCUT2D eigenvalue weighted by Crippen LogP contribution is -2.53. The minimum absolute atomic E-state index is 0.0788. The monoisotopic (exact) mass is 454 g/mol. The number of anilines is 1. The van der Waals surface area contributed by atoms with E-state index in [-0.39, 0.29) is 16.4 Å². The molecule has 9 heteroatoms. The quantitative estimate of drug-likeness (QED) is 0.324. The summed E-state index contributed by atoms with van der Waals surface area (Å²) in [6, 6.07) is 25.2. The summed E-state index contributed by atoms with van der Waals surface area (Å²) in [4.78, 5) is 12.9. The van der Waals surface area contributed by atoms with Crippen molar-refractivity contribution in [1.29, 1.82) is 0 Å². The molecule has 4 N–H and O–H groups in total. The molecule has 3 aromatic rings. The molecule has 0 bridgehead atoms. The van der Waals surface area contributed by atoms with Gasteiger partial charge in [-0.05, 0) is 48.5 Å². The molecule has 0 aliphatic heterocycles. The number of hydrogen-bond acceptors (Lipinski definition) is 4. The van der Waals surface area contributed by atoms with Gasteiger partial charge in [0.25, 0.3) is 5.91 Å². The van der Waals surface area contributed by atoms with E-state index >= 15 is 0 Å². The van der Waals surface area contributed by atoms with E-state index in [0.29, 0.717) is 0 Å². The molecule has 3 aromatic carbocycles. The molecule has 0 aliphatic rings. The van der Waals surface area contributed by atoms with Crippen LogP contribution in [0, 0.1) is 0 Å². The first-order chi connectivity index (χ1) is 14.9. The molecule has 0 spiro atoms. The second-order valence-corrected chi connectivity index (χ2v) is 8.73. The van der Waals surface area contributed by atoms with Crippen molar-refractivity contribution in [1.82, 2.24) is 15.6 Å². The van der Waals surface area contributed by atoms with E-state index in [1.165, 1.54) is 12.1 Å². The summed E-state index contributed by atoms with van der Waals surface area (Å²) in [7, 11) is -3.90. The van der Waals surface area contributed by atoms with Crippen molar-refractivity contribution < 1.29 is 13.2 Å². The molecular weight excluding hydrogens is 432 g/mol. The Kier molecular flexibility index (Phi) is 7.71. The number of thiocarbonyl (C=S) groups is 1. The van der Waals surface area contributed by atoms with Crippen LogP contribution < -0.4 is 20.9 Å². The van der Waals surface area contributed by atoms with Crippen molar-refractivity contribution in [2.75, 3.05) is 5.32 Å². The Morgan fingerprint density at radius 2 is 1.35 bits per heavy atom. The predicted molar refractivity (Wildman–Crippen MR) is 125 cm³/mol. The third kappa shape index (κ3) is 6.88. The summed E-state index contributed by atoms with van der Waals surface area (Å²) in [5.41, 5.74) is 6.64. The lowest BCUT2D eigenvalue weighted by Gasteiger charge is -2.20. The van der Waals surface area contributed by atoms with E-state index in [4.69, 9.17) is 12.2 Å². The number of sulfonamides is 1. The highest BCUT2D eigenvalue weighted by Crippen LogP contribution is 2.11. The molecule has 0 saturated heterocycles. The van der Waals surface area contributed by atoms with Crippen LogP contribution in [0.3, 0.4) is 0 Å². The zero-order valence-corrected chi connectivity index (χ0v) is 18.1. The smallest absolute Gasteiger partial charge is 0.256 e. The average Bonchev–Trinajstić information content (AvgIpc) is 2.79. The number of amides is 1. The Morgan fingerprint density at radius 1 is 0.806 bits per heavy atom. The van der Waals surface area contributed by atoms with Gasteiger partial charge in [0, 0.05) is 5.69 Å². The lowest BCUT2D eigenvalue weighted by molar-refractivity contribution is -0.123. The van der Waals surface area contributed by atoms with Crippen LogP contribution in [0.4, 0.5) is 5.69 Å². The highest BCUT2D eigenvalue weighted by molar-refractivity contribution is 7.89. The van der Waals surface area contributed by atoms with Crippen LogP contribution >= 0.6 is 12.2 Å². The molecular formula is C22H22N4O3S2. The SMILES string of the molecule is O=C(NNC(=S)Nc1ccccc1)[C@H](Cc1ccccc1)NS(=O)(=O)c1ccccc1. The number of nitrogens with one attached hydrogen (secondary N) is 4. The highest BCUT2D eigenvalue weighted by Gasteiger charge is 2.26. The molecule has 1 atom stereocenters. The second kappa shape index (κ2) is 10.7. The molecule has 0 fully saturated rings. The van der Waals surface area contributed by atoms with Crippen LogP contribution in [0.5, 0.6) is 0 Å². The minimum atomic E-state index is -3.90. The van der Waals surface area contributed by atoms with Gasteiger partial charge in [0.1, 0.15) is 6.04 Å². The first kappa shape index (κ1) is 22.4. The Balaban J connectivity index is 1.69. The third-order valence-electron chi connectivity index (χ3n) is 4.28. The fraction of sp³-hybridized carbons (Fsp3) is 0.0909. The maximum Gasteiger partial charge on any atom is 0.256 e. The van der Waals surface area contributed by atoms with Crippen LogP contribution in [0.2, 0.25) is 0 Å². The van der Waals surface area contributed by atoms with E-state index in [9.17, 15) is 13.2 Å². The predicted octanol–water partition coefficient (Wildman–Crippen LogP) is 2.59. The molecule has 0 aliphatic carbocycles. The van der Waals surface area contributed by atoms with Gasteiger partial charge in [0.2, 0.25) is 10.0 Å². The van der Waals surface area contributed by atoms with E-state index in [0.717, 1.165) is 11.3 Å². The number of carbonyl (C=O) groups is 1. The Morgan fingerprint density at radius 3 is 1.97 bits per heavy atom. The average molecular weight is 455 g/mol. The fourth-order valence-corrected chi connectivity index (χ4v) is 4.17. The van der Waals surface area contributed by atoms with Gasteiger partial charge < -0.3 is 5.32 Å². The van der Waals surface area contributed by atoms with E-state index in [1.807, 2.05) is 60.7 Å². The second-order valence-electron chi connectivity index (χ2n) is 6.61. The molecule has 160 valence electrons. The van der Waals surface area contributed by atoms with E-state index in [2.05, 4.69) is 20.9 Å². The van der Waals surface area contributed by atoms with Crippen molar-refractivity contribution in [3.05, 3.63) is 96.6 Å². The topological polar surface area (TPSA) is 99.3 Å². The third-order valence-corrected chi connectivity index (χ3v) is 5.97. The Labute approximate surface area is 186 Å².